The molecule has 27 heavy (non-hydrogen) atoms. The van der Waals surface area contributed by atoms with Gasteiger partial charge in [0, 0.05) is 17.4 Å². The molecule has 2 aliphatic heterocycles. The number of rotatable bonds is 1. The lowest BCUT2D eigenvalue weighted by Gasteiger charge is -2.35. The van der Waals surface area contributed by atoms with Crippen molar-refractivity contribution in [3.8, 4) is 0 Å². The summed E-state index contributed by atoms with van der Waals surface area (Å²) < 4.78 is 0. The fourth-order valence-corrected chi connectivity index (χ4v) is 4.54. The van der Waals surface area contributed by atoms with Crippen LogP contribution in [0.1, 0.15) is 18.2 Å². The van der Waals surface area contributed by atoms with Gasteiger partial charge in [-0.2, -0.15) is 0 Å². The first-order chi connectivity index (χ1) is 12.9. The number of urea groups is 1. The number of aromatic amines is 1. The molecule has 0 saturated carbocycles. The van der Waals surface area contributed by atoms with Gasteiger partial charge < -0.3 is 9.88 Å². The number of carbonyl (C=O) groups is 2. The van der Waals surface area contributed by atoms with Crippen LogP contribution in [-0.2, 0) is 16.8 Å². The predicted octanol–water partition coefficient (Wildman–Crippen LogP) is 4.71. The molecule has 1 aromatic heterocycles. The molecule has 2 aromatic carbocycles. The molecule has 2 aliphatic rings. The summed E-state index contributed by atoms with van der Waals surface area (Å²) >= 11 is 12.1. The van der Waals surface area contributed by atoms with E-state index in [-0.39, 0.29) is 11.9 Å². The smallest absolute Gasteiger partial charge is 0.332 e. The van der Waals surface area contributed by atoms with E-state index in [1.807, 2.05) is 24.3 Å². The summed E-state index contributed by atoms with van der Waals surface area (Å²) in [5, 5.41) is 1.78. The Balaban J connectivity index is 1.69. The first-order valence-electron chi connectivity index (χ1n) is 8.64. The first kappa shape index (κ1) is 16.7. The highest BCUT2D eigenvalue weighted by Gasteiger charge is 2.59. The number of halogens is 2. The van der Waals surface area contributed by atoms with Crippen LogP contribution in [0, 0.1) is 0 Å². The third-order valence-electron chi connectivity index (χ3n) is 5.63. The van der Waals surface area contributed by atoms with E-state index in [4.69, 9.17) is 23.2 Å². The Bertz CT molecular complexity index is 1140. The Morgan fingerprint density at radius 3 is 2.63 bits per heavy atom. The quantitative estimate of drug-likeness (QED) is 0.602. The van der Waals surface area contributed by atoms with Crippen LogP contribution in [0.2, 0.25) is 10.0 Å². The molecule has 7 heteroatoms. The Labute approximate surface area is 165 Å². The summed E-state index contributed by atoms with van der Waals surface area (Å²) in [6.07, 6.45) is 0.698. The van der Waals surface area contributed by atoms with E-state index >= 15 is 0 Å². The standard InChI is InChI=1S/C20H15Cl2N3O2/c1-20-17-13(12-4-2-3-5-16(12)23-17)8-9-24(20)19(27)25(18(20)26)11-6-7-14(21)15(22)10-11/h2-7,10,23H,8-9H2,1H3. The molecule has 3 amide bonds. The van der Waals surface area contributed by atoms with Gasteiger partial charge in [0.25, 0.3) is 5.91 Å². The monoisotopic (exact) mass is 399 g/mol. The van der Waals surface area contributed by atoms with Gasteiger partial charge in [0.2, 0.25) is 0 Å². The van der Waals surface area contributed by atoms with E-state index in [0.717, 1.165) is 22.2 Å². The van der Waals surface area contributed by atoms with Crippen LogP contribution in [-0.4, -0.2) is 28.4 Å². The number of carbonyl (C=O) groups excluding carboxylic acids is 2. The average Bonchev–Trinajstić information content (AvgIpc) is 3.13. The van der Waals surface area contributed by atoms with E-state index in [2.05, 4.69) is 4.98 Å². The molecule has 5 nitrogen and oxygen atoms in total. The molecule has 0 radical (unpaired) electrons. The minimum absolute atomic E-state index is 0.293. The van der Waals surface area contributed by atoms with E-state index in [9.17, 15) is 9.59 Å². The second-order valence-electron chi connectivity index (χ2n) is 7.02. The number of nitrogens with one attached hydrogen (secondary N) is 1. The second-order valence-corrected chi connectivity index (χ2v) is 7.83. The number of imide groups is 1. The average molecular weight is 400 g/mol. The number of fused-ring (bicyclic) bond motifs is 5. The molecule has 0 spiro atoms. The summed E-state index contributed by atoms with van der Waals surface area (Å²) in [5.41, 5.74) is 2.21. The molecule has 1 N–H and O–H groups in total. The summed E-state index contributed by atoms with van der Waals surface area (Å²) in [4.78, 5) is 32.8. The highest BCUT2D eigenvalue weighted by Crippen LogP contribution is 2.45. The maximum atomic E-state index is 13.5. The van der Waals surface area contributed by atoms with Crippen molar-refractivity contribution < 1.29 is 9.59 Å². The van der Waals surface area contributed by atoms with Crippen LogP contribution in [0.15, 0.2) is 42.5 Å². The summed E-state index contributed by atoms with van der Waals surface area (Å²) in [6, 6.07) is 12.4. The fraction of sp³-hybridized carbons (Fsp3) is 0.200. The molecule has 1 unspecified atom stereocenters. The maximum absolute atomic E-state index is 13.5. The molecular formula is C20H15Cl2N3O2. The van der Waals surface area contributed by atoms with Crippen LogP contribution in [0.4, 0.5) is 10.5 Å². The topological polar surface area (TPSA) is 56.4 Å². The number of anilines is 1. The van der Waals surface area contributed by atoms with E-state index in [0.29, 0.717) is 28.7 Å². The molecule has 3 aromatic rings. The second kappa shape index (κ2) is 5.50. The zero-order chi connectivity index (χ0) is 18.9. The van der Waals surface area contributed by atoms with E-state index < -0.39 is 5.54 Å². The van der Waals surface area contributed by atoms with Gasteiger partial charge in [0.1, 0.15) is 0 Å². The summed E-state index contributed by atoms with van der Waals surface area (Å²) in [5.74, 6) is -0.293. The highest BCUT2D eigenvalue weighted by molar-refractivity contribution is 6.42. The van der Waals surface area contributed by atoms with Crippen molar-refractivity contribution >= 4 is 51.7 Å². The van der Waals surface area contributed by atoms with Crippen molar-refractivity contribution in [2.24, 2.45) is 0 Å². The van der Waals surface area contributed by atoms with Gasteiger partial charge in [-0.05, 0) is 43.2 Å². The Morgan fingerprint density at radius 1 is 1.07 bits per heavy atom. The number of hydrogen-bond donors (Lipinski definition) is 1. The lowest BCUT2D eigenvalue weighted by Crippen LogP contribution is -2.49. The van der Waals surface area contributed by atoms with Crippen molar-refractivity contribution in [2.75, 3.05) is 11.4 Å². The Morgan fingerprint density at radius 2 is 1.85 bits per heavy atom. The zero-order valence-electron chi connectivity index (χ0n) is 14.4. The molecule has 1 saturated heterocycles. The van der Waals surface area contributed by atoms with Gasteiger partial charge in [0.15, 0.2) is 5.54 Å². The number of hydrogen-bond acceptors (Lipinski definition) is 2. The maximum Gasteiger partial charge on any atom is 0.332 e. The van der Waals surface area contributed by atoms with Crippen molar-refractivity contribution in [3.05, 3.63) is 63.8 Å². The molecule has 5 rings (SSSR count). The van der Waals surface area contributed by atoms with Gasteiger partial charge >= 0.3 is 6.03 Å². The van der Waals surface area contributed by atoms with E-state index in [1.165, 1.54) is 4.90 Å². The number of aromatic nitrogens is 1. The van der Waals surface area contributed by atoms with Crippen LogP contribution in [0.3, 0.4) is 0 Å². The molecule has 1 fully saturated rings. The summed E-state index contributed by atoms with van der Waals surface area (Å²) in [6.45, 7) is 2.28. The SMILES string of the molecule is CC12C(=O)N(c3ccc(Cl)c(Cl)c3)C(=O)N1CCc1c2[nH]c2ccccc12. The van der Waals surface area contributed by atoms with Gasteiger partial charge in [-0.1, -0.05) is 41.4 Å². The fourth-order valence-electron chi connectivity index (χ4n) is 4.24. The van der Waals surface area contributed by atoms with Crippen molar-refractivity contribution in [1.29, 1.82) is 0 Å². The van der Waals surface area contributed by atoms with Gasteiger partial charge in [-0.25, -0.2) is 9.69 Å². The van der Waals surface area contributed by atoms with Crippen molar-refractivity contribution in [3.63, 3.8) is 0 Å². The predicted molar refractivity (Wildman–Crippen MR) is 105 cm³/mol. The minimum Gasteiger partial charge on any atom is -0.356 e. The number of amides is 3. The van der Waals surface area contributed by atoms with Gasteiger partial charge in [0.05, 0.1) is 21.4 Å². The largest absolute Gasteiger partial charge is 0.356 e. The van der Waals surface area contributed by atoms with Crippen molar-refractivity contribution in [1.82, 2.24) is 9.88 Å². The molecular weight excluding hydrogens is 385 g/mol. The molecule has 0 bridgehead atoms. The molecule has 1 atom stereocenters. The number of benzene rings is 2. The lowest BCUT2D eigenvalue weighted by atomic mass is 9.87. The molecule has 136 valence electrons. The van der Waals surface area contributed by atoms with Crippen molar-refractivity contribution in [2.45, 2.75) is 18.9 Å². The lowest BCUT2D eigenvalue weighted by molar-refractivity contribution is -0.125. The minimum atomic E-state index is -1.07. The normalized spacial score (nSPS) is 21.7. The third-order valence-corrected chi connectivity index (χ3v) is 6.37. The Kier molecular flexibility index (Phi) is 3.39. The van der Waals surface area contributed by atoms with Crippen LogP contribution in [0.5, 0.6) is 0 Å². The highest BCUT2D eigenvalue weighted by atomic mass is 35.5. The van der Waals surface area contributed by atoms with Crippen LogP contribution in [0.25, 0.3) is 10.9 Å². The van der Waals surface area contributed by atoms with E-state index in [1.54, 1.807) is 30.0 Å². The molecule has 0 aliphatic carbocycles. The number of para-hydroxylation sites is 1. The number of nitrogens with zero attached hydrogens (tertiary/aromatic N) is 2. The van der Waals surface area contributed by atoms with Crippen LogP contribution < -0.4 is 4.90 Å². The third kappa shape index (κ3) is 2.07. The van der Waals surface area contributed by atoms with Gasteiger partial charge in [-0.15, -0.1) is 0 Å². The number of H-pyrrole nitrogens is 1. The zero-order valence-corrected chi connectivity index (χ0v) is 15.9. The van der Waals surface area contributed by atoms with Crippen LogP contribution >= 0.6 is 23.2 Å². The molecule has 3 heterocycles. The first-order valence-corrected chi connectivity index (χ1v) is 9.40. The Hall–Kier alpha value is -2.50. The summed E-state index contributed by atoms with van der Waals surface area (Å²) in [7, 11) is 0. The van der Waals surface area contributed by atoms with Gasteiger partial charge in [-0.3, -0.25) is 4.79 Å².